The van der Waals surface area contributed by atoms with Gasteiger partial charge in [0.15, 0.2) is 5.88 Å². The number of piperazine rings is 1. The van der Waals surface area contributed by atoms with E-state index < -0.39 is 0 Å². The van der Waals surface area contributed by atoms with Gasteiger partial charge in [0.1, 0.15) is 12.5 Å². The highest BCUT2D eigenvalue weighted by molar-refractivity contribution is 6.05. The van der Waals surface area contributed by atoms with E-state index in [-0.39, 0.29) is 18.5 Å². The summed E-state index contributed by atoms with van der Waals surface area (Å²) in [6.07, 6.45) is 2.51. The maximum atomic E-state index is 12.3. The van der Waals surface area contributed by atoms with Crippen LogP contribution in [0.5, 0.6) is 0 Å². The Morgan fingerprint density at radius 3 is 2.71 bits per heavy atom. The number of amidine groups is 1. The molecule has 7 nitrogen and oxygen atoms in total. The molecule has 0 aromatic carbocycles. The summed E-state index contributed by atoms with van der Waals surface area (Å²) < 4.78 is 4.89. The Labute approximate surface area is 144 Å². The lowest BCUT2D eigenvalue weighted by atomic mass is 10.2. The normalized spacial score (nSPS) is 25.0. The molecule has 2 atom stereocenters. The lowest BCUT2D eigenvalue weighted by Crippen LogP contribution is -2.45. The Hall–Kier alpha value is -1.86. The van der Waals surface area contributed by atoms with Crippen LogP contribution in [0.3, 0.4) is 0 Å². The number of hydrogen-bond acceptors (Lipinski definition) is 6. The highest BCUT2D eigenvalue weighted by Crippen LogP contribution is 2.39. The summed E-state index contributed by atoms with van der Waals surface area (Å²) in [5.74, 6) is 1.51. The zero-order chi connectivity index (χ0) is 17.5. The molecular formula is C17H29N5O2. The third kappa shape index (κ3) is 5.65. The summed E-state index contributed by atoms with van der Waals surface area (Å²) in [4.78, 5) is 21.3. The van der Waals surface area contributed by atoms with Crippen molar-refractivity contribution < 1.29 is 9.53 Å². The van der Waals surface area contributed by atoms with Gasteiger partial charge in [0.05, 0.1) is 7.11 Å². The first kappa shape index (κ1) is 18.5. The Balaban J connectivity index is 1.71. The minimum absolute atomic E-state index is 0.0401. The maximum absolute atomic E-state index is 12.3. The molecule has 0 unspecified atom stereocenters. The average molecular weight is 335 g/mol. The number of nitrogens with zero attached hydrogens (tertiary/aromatic N) is 3. The second-order valence-electron chi connectivity index (χ2n) is 6.41. The molecule has 24 heavy (non-hydrogen) atoms. The standard InChI is InChI=1S/C17H29N5O2/c1-5-16(19-12-18-13(2)24-4)20-17(23)15-10-14(15)11-22-8-6-21(3)7-9-22/h5,14-15,18H,1-2,6-12H2,3-4H3,(H,19,20,23)/t14-,15+/m1/s1. The lowest BCUT2D eigenvalue weighted by molar-refractivity contribution is -0.121. The number of carbonyl (C=O) groups excluding carboxylic acids is 1. The molecule has 1 saturated heterocycles. The largest absolute Gasteiger partial charge is 0.483 e. The topological polar surface area (TPSA) is 69.2 Å². The van der Waals surface area contributed by atoms with Crippen LogP contribution in [0.4, 0.5) is 0 Å². The van der Waals surface area contributed by atoms with E-state index in [0.717, 1.165) is 39.1 Å². The van der Waals surface area contributed by atoms with Gasteiger partial charge in [0.2, 0.25) is 5.91 Å². The molecule has 7 heteroatoms. The molecule has 2 fully saturated rings. The SMILES string of the molecule is C=CC(=NCNC(=C)OC)NC(=O)[C@H]1C[C@@H]1CN1CCN(C)CC1. The summed E-state index contributed by atoms with van der Waals surface area (Å²) in [6, 6.07) is 0. The number of methoxy groups -OCH3 is 1. The van der Waals surface area contributed by atoms with Gasteiger partial charge in [-0.3, -0.25) is 4.79 Å². The van der Waals surface area contributed by atoms with Gasteiger partial charge in [-0.25, -0.2) is 4.99 Å². The van der Waals surface area contributed by atoms with Crippen molar-refractivity contribution in [2.45, 2.75) is 6.42 Å². The molecule has 1 saturated carbocycles. The van der Waals surface area contributed by atoms with Crippen molar-refractivity contribution in [2.75, 3.05) is 53.5 Å². The van der Waals surface area contributed by atoms with Gasteiger partial charge in [-0.15, -0.1) is 0 Å². The van der Waals surface area contributed by atoms with Crippen molar-refractivity contribution in [3.8, 4) is 0 Å². The summed E-state index contributed by atoms with van der Waals surface area (Å²) in [5.41, 5.74) is 0. The van der Waals surface area contributed by atoms with Crippen molar-refractivity contribution in [3.63, 3.8) is 0 Å². The Kier molecular flexibility index (Phi) is 6.81. The predicted octanol–water partition coefficient (Wildman–Crippen LogP) is 0.235. The first-order chi connectivity index (χ1) is 11.5. The first-order valence-corrected chi connectivity index (χ1v) is 8.39. The van der Waals surface area contributed by atoms with Crippen molar-refractivity contribution >= 4 is 11.7 Å². The number of carbonyl (C=O) groups is 1. The Bertz CT molecular complexity index is 497. The predicted molar refractivity (Wildman–Crippen MR) is 95.5 cm³/mol. The van der Waals surface area contributed by atoms with Crippen molar-refractivity contribution in [2.24, 2.45) is 16.8 Å². The van der Waals surface area contributed by atoms with Gasteiger partial charge in [0, 0.05) is 38.6 Å². The molecule has 2 N–H and O–H groups in total. The van der Waals surface area contributed by atoms with Crippen LogP contribution < -0.4 is 10.6 Å². The number of ether oxygens (including phenoxy) is 1. The van der Waals surface area contributed by atoms with E-state index in [2.05, 4.69) is 45.6 Å². The highest BCUT2D eigenvalue weighted by atomic mass is 16.5. The fraction of sp³-hybridized carbons (Fsp3) is 0.647. The Morgan fingerprint density at radius 2 is 2.08 bits per heavy atom. The quantitative estimate of drug-likeness (QED) is 0.378. The first-order valence-electron chi connectivity index (χ1n) is 8.39. The van der Waals surface area contributed by atoms with Crippen LogP contribution in [-0.4, -0.2) is 75.1 Å². The fourth-order valence-corrected chi connectivity index (χ4v) is 2.79. The van der Waals surface area contributed by atoms with E-state index in [1.165, 1.54) is 7.11 Å². The van der Waals surface area contributed by atoms with Crippen LogP contribution in [-0.2, 0) is 9.53 Å². The van der Waals surface area contributed by atoms with Crippen LogP contribution in [0, 0.1) is 11.8 Å². The number of likely N-dealkylation sites (N-methyl/N-ethyl adjacent to an activating group) is 1. The van der Waals surface area contributed by atoms with E-state index in [4.69, 9.17) is 4.74 Å². The molecule has 1 heterocycles. The molecule has 1 amide bonds. The second kappa shape index (κ2) is 8.84. The van der Waals surface area contributed by atoms with E-state index >= 15 is 0 Å². The summed E-state index contributed by atoms with van der Waals surface area (Å²) in [6.45, 7) is 13.0. The number of amides is 1. The van der Waals surface area contributed by atoms with Gasteiger partial charge < -0.3 is 25.2 Å². The van der Waals surface area contributed by atoms with Crippen LogP contribution >= 0.6 is 0 Å². The third-order valence-electron chi connectivity index (χ3n) is 4.56. The molecule has 0 aromatic rings. The zero-order valence-corrected chi connectivity index (χ0v) is 14.8. The fourth-order valence-electron chi connectivity index (χ4n) is 2.79. The lowest BCUT2D eigenvalue weighted by Gasteiger charge is -2.32. The molecular weight excluding hydrogens is 306 g/mol. The van der Waals surface area contributed by atoms with Crippen LogP contribution in [0.15, 0.2) is 30.1 Å². The summed E-state index contributed by atoms with van der Waals surface area (Å²) >= 11 is 0. The average Bonchev–Trinajstić information content (AvgIpc) is 3.35. The van der Waals surface area contributed by atoms with Gasteiger partial charge in [-0.2, -0.15) is 0 Å². The van der Waals surface area contributed by atoms with Crippen molar-refractivity contribution in [1.29, 1.82) is 0 Å². The second-order valence-corrected chi connectivity index (χ2v) is 6.41. The van der Waals surface area contributed by atoms with Gasteiger partial charge in [0.25, 0.3) is 0 Å². The third-order valence-corrected chi connectivity index (χ3v) is 4.56. The van der Waals surface area contributed by atoms with Gasteiger partial charge >= 0.3 is 0 Å². The monoisotopic (exact) mass is 335 g/mol. The molecule has 2 rings (SSSR count). The van der Waals surface area contributed by atoms with Gasteiger partial charge in [-0.1, -0.05) is 6.58 Å². The van der Waals surface area contributed by atoms with E-state index in [1.54, 1.807) is 6.08 Å². The highest BCUT2D eigenvalue weighted by Gasteiger charge is 2.43. The molecule has 0 radical (unpaired) electrons. The summed E-state index contributed by atoms with van der Waals surface area (Å²) in [5, 5.41) is 5.72. The smallest absolute Gasteiger partial charge is 0.228 e. The Morgan fingerprint density at radius 1 is 1.38 bits per heavy atom. The maximum Gasteiger partial charge on any atom is 0.228 e. The molecule has 2 aliphatic rings. The van der Waals surface area contributed by atoms with Crippen molar-refractivity contribution in [3.05, 3.63) is 25.1 Å². The van der Waals surface area contributed by atoms with E-state index in [9.17, 15) is 4.79 Å². The van der Waals surface area contributed by atoms with Gasteiger partial charge in [-0.05, 0) is 32.0 Å². The van der Waals surface area contributed by atoms with Crippen LogP contribution in [0.25, 0.3) is 0 Å². The summed E-state index contributed by atoms with van der Waals surface area (Å²) in [7, 11) is 3.68. The number of hydrogen-bond donors (Lipinski definition) is 2. The number of rotatable bonds is 8. The van der Waals surface area contributed by atoms with Crippen LogP contribution in [0.2, 0.25) is 0 Å². The van der Waals surface area contributed by atoms with E-state index in [1.807, 2.05) is 0 Å². The number of aliphatic imine (C=N–C) groups is 1. The van der Waals surface area contributed by atoms with Crippen molar-refractivity contribution in [1.82, 2.24) is 20.4 Å². The molecule has 0 spiro atoms. The molecule has 1 aliphatic carbocycles. The minimum atomic E-state index is 0.0401. The number of nitrogens with one attached hydrogen (secondary N) is 2. The minimum Gasteiger partial charge on any atom is -0.483 e. The van der Waals surface area contributed by atoms with Crippen LogP contribution in [0.1, 0.15) is 6.42 Å². The molecule has 0 bridgehead atoms. The molecule has 1 aliphatic heterocycles. The zero-order valence-electron chi connectivity index (χ0n) is 14.8. The van der Waals surface area contributed by atoms with E-state index in [0.29, 0.717) is 17.6 Å². The molecule has 0 aromatic heterocycles. The molecule has 134 valence electrons.